The molecule has 0 aliphatic carbocycles. The van der Waals surface area contributed by atoms with Crippen molar-refractivity contribution in [3.8, 4) is 11.3 Å². The summed E-state index contributed by atoms with van der Waals surface area (Å²) in [6.07, 6.45) is 0. The predicted molar refractivity (Wildman–Crippen MR) is 97.4 cm³/mol. The van der Waals surface area contributed by atoms with E-state index in [1.807, 2.05) is 16.7 Å². The van der Waals surface area contributed by atoms with Crippen molar-refractivity contribution < 1.29 is 19.1 Å². The lowest BCUT2D eigenvalue weighted by Gasteiger charge is -2.34. The van der Waals surface area contributed by atoms with Crippen molar-refractivity contribution in [2.75, 3.05) is 36.0 Å². The summed E-state index contributed by atoms with van der Waals surface area (Å²) < 4.78 is 10.1. The van der Waals surface area contributed by atoms with Crippen LogP contribution >= 0.6 is 11.6 Å². The van der Waals surface area contributed by atoms with Crippen LogP contribution in [0.4, 0.5) is 11.6 Å². The number of hydrogen-bond acceptors (Lipinski definition) is 8. The van der Waals surface area contributed by atoms with Crippen LogP contribution in [0.15, 0.2) is 33.4 Å². The number of carboxylic acids is 1. The number of benzene rings is 1. The zero-order valence-electron chi connectivity index (χ0n) is 14.4. The minimum Gasteiger partial charge on any atom is -0.477 e. The van der Waals surface area contributed by atoms with Gasteiger partial charge in [-0.3, -0.25) is 0 Å². The summed E-state index contributed by atoms with van der Waals surface area (Å²) in [4.78, 5) is 15.8. The lowest BCUT2D eigenvalue weighted by Crippen LogP contribution is -2.47. The molecule has 27 heavy (non-hydrogen) atoms. The second-order valence-electron chi connectivity index (χ2n) is 6.17. The number of carbonyl (C=O) groups is 1. The number of halogens is 1. The van der Waals surface area contributed by atoms with Gasteiger partial charge in [0, 0.05) is 36.8 Å². The van der Waals surface area contributed by atoms with Gasteiger partial charge in [-0.15, -0.1) is 0 Å². The summed E-state index contributed by atoms with van der Waals surface area (Å²) in [5.74, 6) is 0.153. The molecule has 0 unspecified atom stereocenters. The Morgan fingerprint density at radius 3 is 2.22 bits per heavy atom. The van der Waals surface area contributed by atoms with Crippen molar-refractivity contribution in [2.45, 2.75) is 6.92 Å². The van der Waals surface area contributed by atoms with Crippen LogP contribution in [0, 0.1) is 6.92 Å². The van der Waals surface area contributed by atoms with E-state index in [-0.39, 0.29) is 11.3 Å². The van der Waals surface area contributed by atoms with Crippen LogP contribution in [-0.2, 0) is 0 Å². The van der Waals surface area contributed by atoms with E-state index in [0.29, 0.717) is 48.4 Å². The summed E-state index contributed by atoms with van der Waals surface area (Å²) in [5.41, 5.74) is 1.38. The number of aryl methyl sites for hydroxylation is 1. The Kier molecular flexibility index (Phi) is 4.44. The molecule has 0 amide bonds. The number of piperazine rings is 1. The smallest absolute Gasteiger partial charge is 0.343 e. The first-order valence-electron chi connectivity index (χ1n) is 8.32. The van der Waals surface area contributed by atoms with E-state index < -0.39 is 5.97 Å². The monoisotopic (exact) mass is 389 g/mol. The van der Waals surface area contributed by atoms with E-state index in [9.17, 15) is 9.90 Å². The minimum absolute atomic E-state index is 0.0463. The van der Waals surface area contributed by atoms with Gasteiger partial charge in [-0.05, 0) is 36.3 Å². The molecule has 1 saturated heterocycles. The van der Waals surface area contributed by atoms with Crippen LogP contribution in [0.1, 0.15) is 16.1 Å². The molecule has 1 N–H and O–H groups in total. The molecule has 2 aromatic heterocycles. The minimum atomic E-state index is -1.09. The van der Waals surface area contributed by atoms with Crippen molar-refractivity contribution in [3.05, 3.63) is 40.5 Å². The SMILES string of the molecule is Cc1nonc1N1CCN(c2noc(-c3ccc(Cl)cc3)c2C(=O)O)CC1. The Morgan fingerprint density at radius 1 is 1.04 bits per heavy atom. The molecule has 1 aromatic carbocycles. The van der Waals surface area contributed by atoms with Gasteiger partial charge in [-0.1, -0.05) is 21.9 Å². The van der Waals surface area contributed by atoms with Crippen molar-refractivity contribution in [3.63, 3.8) is 0 Å². The fourth-order valence-electron chi connectivity index (χ4n) is 3.13. The van der Waals surface area contributed by atoms with E-state index >= 15 is 0 Å². The van der Waals surface area contributed by atoms with Gasteiger partial charge >= 0.3 is 5.97 Å². The largest absolute Gasteiger partial charge is 0.477 e. The van der Waals surface area contributed by atoms with Crippen molar-refractivity contribution in [2.24, 2.45) is 0 Å². The van der Waals surface area contributed by atoms with Gasteiger partial charge in [-0.25, -0.2) is 9.42 Å². The molecule has 3 heterocycles. The Labute approximate surface area is 159 Å². The average Bonchev–Trinajstić information content (AvgIpc) is 3.29. The second kappa shape index (κ2) is 6.92. The molecule has 1 aliphatic rings. The molecule has 9 nitrogen and oxygen atoms in total. The van der Waals surface area contributed by atoms with Gasteiger partial charge in [0.2, 0.25) is 0 Å². The highest BCUT2D eigenvalue weighted by molar-refractivity contribution is 6.30. The van der Waals surface area contributed by atoms with Gasteiger partial charge in [0.1, 0.15) is 5.69 Å². The molecular weight excluding hydrogens is 374 g/mol. The Hall–Kier alpha value is -3.07. The standard InChI is InChI=1S/C17H16ClN5O4/c1-10-15(21-27-19-10)22-6-8-23(9-7-22)16-13(17(24)25)14(26-20-16)11-2-4-12(18)5-3-11/h2-5H,6-9H2,1H3,(H,24,25). The van der Waals surface area contributed by atoms with Gasteiger partial charge in [0.25, 0.3) is 0 Å². The van der Waals surface area contributed by atoms with E-state index in [1.54, 1.807) is 24.3 Å². The molecule has 0 atom stereocenters. The van der Waals surface area contributed by atoms with Gasteiger partial charge in [0.15, 0.2) is 23.0 Å². The first-order chi connectivity index (χ1) is 13.0. The molecule has 3 aromatic rings. The molecule has 0 bridgehead atoms. The van der Waals surface area contributed by atoms with Crippen LogP contribution in [0.5, 0.6) is 0 Å². The lowest BCUT2D eigenvalue weighted by atomic mass is 10.1. The normalized spacial score (nSPS) is 14.6. The second-order valence-corrected chi connectivity index (χ2v) is 6.61. The van der Waals surface area contributed by atoms with E-state index in [1.165, 1.54) is 0 Å². The summed E-state index contributed by atoms with van der Waals surface area (Å²) in [7, 11) is 0. The van der Waals surface area contributed by atoms with Gasteiger partial charge in [0.05, 0.1) is 0 Å². The predicted octanol–water partition coefficient (Wildman–Crippen LogP) is 2.71. The zero-order valence-corrected chi connectivity index (χ0v) is 15.2. The highest BCUT2D eigenvalue weighted by atomic mass is 35.5. The number of hydrogen-bond donors (Lipinski definition) is 1. The molecule has 1 fully saturated rings. The van der Waals surface area contributed by atoms with Crippen molar-refractivity contribution >= 4 is 29.2 Å². The third-order valence-electron chi connectivity index (χ3n) is 4.50. The lowest BCUT2D eigenvalue weighted by molar-refractivity contribution is 0.0698. The third-order valence-corrected chi connectivity index (χ3v) is 4.75. The maximum absolute atomic E-state index is 11.9. The van der Waals surface area contributed by atoms with Gasteiger partial charge in [-0.2, -0.15) is 0 Å². The van der Waals surface area contributed by atoms with E-state index in [4.69, 9.17) is 20.8 Å². The Morgan fingerprint density at radius 2 is 1.67 bits per heavy atom. The van der Waals surface area contributed by atoms with Crippen molar-refractivity contribution in [1.29, 1.82) is 0 Å². The fourth-order valence-corrected chi connectivity index (χ4v) is 3.26. The van der Waals surface area contributed by atoms with Gasteiger partial charge < -0.3 is 19.4 Å². The van der Waals surface area contributed by atoms with Crippen LogP contribution in [0.2, 0.25) is 5.02 Å². The zero-order chi connectivity index (χ0) is 19.0. The number of carboxylic acid groups (broad SMARTS) is 1. The summed E-state index contributed by atoms with van der Waals surface area (Å²) >= 11 is 5.90. The highest BCUT2D eigenvalue weighted by Gasteiger charge is 2.30. The molecule has 0 radical (unpaired) electrons. The molecule has 4 rings (SSSR count). The summed E-state index contributed by atoms with van der Waals surface area (Å²) in [5, 5.41) is 22.0. The maximum Gasteiger partial charge on any atom is 0.343 e. The van der Waals surface area contributed by atoms with Crippen molar-refractivity contribution in [1.82, 2.24) is 15.5 Å². The first kappa shape index (κ1) is 17.3. The topological polar surface area (TPSA) is 109 Å². The van der Waals surface area contributed by atoms with Crippen LogP contribution < -0.4 is 9.80 Å². The highest BCUT2D eigenvalue weighted by Crippen LogP contribution is 2.33. The summed E-state index contributed by atoms with van der Waals surface area (Å²) in [6, 6.07) is 6.77. The molecule has 10 heteroatoms. The number of aromatic nitrogens is 3. The fraction of sp³-hybridized carbons (Fsp3) is 0.294. The number of anilines is 2. The third kappa shape index (κ3) is 3.21. The van der Waals surface area contributed by atoms with E-state index in [0.717, 1.165) is 5.69 Å². The Balaban J connectivity index is 1.59. The Bertz CT molecular complexity index is 960. The molecular formula is C17H16ClN5O4. The number of aromatic carboxylic acids is 1. The number of nitrogens with zero attached hydrogens (tertiary/aromatic N) is 5. The van der Waals surface area contributed by atoms with Crippen LogP contribution in [0.3, 0.4) is 0 Å². The average molecular weight is 390 g/mol. The molecule has 0 spiro atoms. The van der Waals surface area contributed by atoms with E-state index in [2.05, 4.69) is 15.5 Å². The van der Waals surface area contributed by atoms with Crippen LogP contribution in [-0.4, -0.2) is 52.7 Å². The quantitative estimate of drug-likeness (QED) is 0.720. The molecule has 140 valence electrons. The molecule has 0 saturated carbocycles. The molecule has 1 aliphatic heterocycles. The maximum atomic E-state index is 11.9. The number of rotatable bonds is 4. The summed E-state index contributed by atoms with van der Waals surface area (Å²) in [6.45, 7) is 4.24. The first-order valence-corrected chi connectivity index (χ1v) is 8.70. The van der Waals surface area contributed by atoms with Crippen LogP contribution in [0.25, 0.3) is 11.3 Å².